The topological polar surface area (TPSA) is 0 Å². The summed E-state index contributed by atoms with van der Waals surface area (Å²) in [4.78, 5) is 0.0923. The average molecular weight is 830 g/mol. The van der Waals surface area contributed by atoms with Crippen molar-refractivity contribution < 1.29 is 0 Å². The van der Waals surface area contributed by atoms with Crippen molar-refractivity contribution in [2.45, 2.75) is 53.3 Å². The Morgan fingerprint density at radius 2 is 0.850 bits per heavy atom. The Morgan fingerprint density at radius 3 is 1.38 bits per heavy atom. The molecule has 0 saturated carbocycles. The van der Waals surface area contributed by atoms with Gasteiger partial charge in [0, 0.05) is 4.83 Å². The number of allylic oxidation sites excluding steroid dienone is 1. The molecule has 13 rings (SSSR count). The summed E-state index contributed by atoms with van der Waals surface area (Å²) in [6, 6.07) is 33.8. The lowest BCUT2D eigenvalue weighted by Crippen LogP contribution is -2.14. The second kappa shape index (κ2) is 11.4. The highest BCUT2D eigenvalue weighted by Crippen LogP contribution is 2.60. The maximum atomic E-state index is 4.38. The minimum atomic E-state index is 0.0923. The lowest BCUT2D eigenvalue weighted by Gasteiger charge is -2.31. The maximum absolute atomic E-state index is 4.38. The molecule has 1 unspecified atom stereocenters. The highest BCUT2D eigenvalue weighted by atomic mass is 79.9. The van der Waals surface area contributed by atoms with Gasteiger partial charge in [-0.15, -0.1) is 0 Å². The number of rotatable bonds is 4. The molecule has 0 heterocycles. The largest absolute Gasteiger partial charge is 0.140 e. The number of alkyl halides is 1. The van der Waals surface area contributed by atoms with Gasteiger partial charge in [-0.1, -0.05) is 136 Å². The maximum Gasteiger partial charge on any atom is 0.140 e. The second-order valence-corrected chi connectivity index (χ2v) is 19.7. The lowest BCUT2D eigenvalue weighted by atomic mass is 9.71. The van der Waals surface area contributed by atoms with Crippen LogP contribution in [-0.4, -0.2) is 7.85 Å². The lowest BCUT2D eigenvalue weighted by molar-refractivity contribution is 1.16. The molecule has 0 aliphatic carbocycles. The molecule has 13 aromatic rings. The van der Waals surface area contributed by atoms with Gasteiger partial charge < -0.3 is 0 Å². The Balaban J connectivity index is 1.45. The molecular formula is C58H42BBr. The quantitative estimate of drug-likeness (QED) is 0.0717. The molecule has 2 heteroatoms. The zero-order valence-corrected chi connectivity index (χ0v) is 37.0. The third-order valence-corrected chi connectivity index (χ3v) is 15.2. The minimum Gasteiger partial charge on any atom is -0.0990 e. The van der Waals surface area contributed by atoms with E-state index in [1.807, 2.05) is 6.08 Å². The van der Waals surface area contributed by atoms with Crippen LogP contribution in [0.1, 0.15) is 50.7 Å². The molecule has 0 saturated heterocycles. The third kappa shape index (κ3) is 3.92. The summed E-state index contributed by atoms with van der Waals surface area (Å²) in [5.74, 6) is 0. The van der Waals surface area contributed by atoms with E-state index in [4.69, 9.17) is 0 Å². The second-order valence-electron chi connectivity index (χ2n) is 18.3. The molecule has 0 N–H and O–H groups in total. The number of halogens is 1. The van der Waals surface area contributed by atoms with Crippen molar-refractivity contribution in [1.82, 2.24) is 0 Å². The van der Waals surface area contributed by atoms with E-state index in [1.54, 1.807) is 0 Å². The van der Waals surface area contributed by atoms with Gasteiger partial charge in [0.2, 0.25) is 0 Å². The van der Waals surface area contributed by atoms with E-state index >= 15 is 0 Å². The van der Waals surface area contributed by atoms with Gasteiger partial charge in [-0.2, -0.15) is 0 Å². The van der Waals surface area contributed by atoms with E-state index in [2.05, 4.69) is 170 Å². The van der Waals surface area contributed by atoms with E-state index in [-0.39, 0.29) is 4.83 Å². The molecular weight excluding hydrogens is 787 g/mol. The Hall–Kier alpha value is -5.96. The summed E-state index contributed by atoms with van der Waals surface area (Å²) in [5, 5.41) is 28.9. The summed E-state index contributed by atoms with van der Waals surface area (Å²) in [6.45, 7) is 20.4. The van der Waals surface area contributed by atoms with Gasteiger partial charge in [0.15, 0.2) is 0 Å². The summed E-state index contributed by atoms with van der Waals surface area (Å²) in [5.41, 5.74) is 16.0. The molecule has 0 aliphatic rings. The van der Waals surface area contributed by atoms with Gasteiger partial charge in [0.25, 0.3) is 0 Å². The van der Waals surface area contributed by atoms with Crippen LogP contribution < -0.4 is 10.7 Å². The van der Waals surface area contributed by atoms with E-state index in [0.29, 0.717) is 0 Å². The van der Waals surface area contributed by atoms with Crippen molar-refractivity contribution in [2.75, 3.05) is 0 Å². The molecule has 284 valence electrons. The van der Waals surface area contributed by atoms with Crippen molar-refractivity contribution in [3.8, 4) is 22.3 Å². The first-order valence-corrected chi connectivity index (χ1v) is 22.4. The van der Waals surface area contributed by atoms with Crippen LogP contribution in [0, 0.1) is 41.5 Å². The van der Waals surface area contributed by atoms with Gasteiger partial charge in [0.1, 0.15) is 7.85 Å². The van der Waals surface area contributed by atoms with Gasteiger partial charge in [0.05, 0.1) is 0 Å². The Morgan fingerprint density at radius 1 is 0.450 bits per heavy atom. The predicted octanol–water partition coefficient (Wildman–Crippen LogP) is 15.0. The fraction of sp³-hybridized carbons (Fsp3) is 0.138. The first kappa shape index (κ1) is 34.9. The van der Waals surface area contributed by atoms with Crippen molar-refractivity contribution in [3.63, 3.8) is 0 Å². The van der Waals surface area contributed by atoms with Crippen LogP contribution in [0.3, 0.4) is 0 Å². The fourth-order valence-electron chi connectivity index (χ4n) is 13.1. The van der Waals surface area contributed by atoms with Gasteiger partial charge in [-0.3, -0.25) is 0 Å². The number of aryl methyl sites for hydroxylation is 6. The number of hydrogen-bond donors (Lipinski definition) is 0. The van der Waals surface area contributed by atoms with E-state index in [0.717, 1.165) is 0 Å². The highest BCUT2D eigenvalue weighted by Gasteiger charge is 2.33. The number of hydrogen-bond acceptors (Lipinski definition) is 0. The minimum absolute atomic E-state index is 0.0923. The van der Waals surface area contributed by atoms with Crippen LogP contribution in [0.4, 0.5) is 0 Å². The van der Waals surface area contributed by atoms with Gasteiger partial charge in [-0.05, 0) is 211 Å². The van der Waals surface area contributed by atoms with Crippen LogP contribution in [0.25, 0.3) is 136 Å². The van der Waals surface area contributed by atoms with Crippen molar-refractivity contribution in [1.29, 1.82) is 0 Å². The smallest absolute Gasteiger partial charge is 0.0990 e. The monoisotopic (exact) mass is 828 g/mol. The summed E-state index contributed by atoms with van der Waals surface area (Å²) in [6.07, 6.45) is 4.33. The van der Waals surface area contributed by atoms with Crippen molar-refractivity contribution >= 4 is 143 Å². The molecule has 0 bridgehead atoms. The molecule has 60 heavy (non-hydrogen) atoms. The number of fused-ring (bicyclic) bond motifs is 1. The van der Waals surface area contributed by atoms with E-state index in [9.17, 15) is 0 Å². The van der Waals surface area contributed by atoms with Crippen LogP contribution in [0.15, 0.2) is 97.6 Å². The number of benzene rings is 13. The Bertz CT molecular complexity index is 4060. The summed E-state index contributed by atoms with van der Waals surface area (Å²) in [7, 11) is 2.34. The first-order chi connectivity index (χ1) is 29.0. The van der Waals surface area contributed by atoms with Crippen LogP contribution >= 0.6 is 15.9 Å². The molecule has 0 fully saturated rings. The predicted molar refractivity (Wildman–Crippen MR) is 272 cm³/mol. The van der Waals surface area contributed by atoms with E-state index < -0.39 is 0 Å². The average Bonchev–Trinajstić information content (AvgIpc) is 3.20. The molecule has 0 amide bonds. The normalized spacial score (nSPS) is 13.8. The van der Waals surface area contributed by atoms with Crippen molar-refractivity contribution in [3.05, 3.63) is 142 Å². The van der Waals surface area contributed by atoms with Crippen LogP contribution in [0.5, 0.6) is 0 Å². The third-order valence-electron chi connectivity index (χ3n) is 14.7. The SMILES string of the molecule is Bc1ccc2c(-c3c(C)cc(C)cc3C)c3ccc4ccc5c(C(C)Br)c6/c(=C\C=C)c(-c7c(C)cc(C)cc7C)c7ccc8ccc9c1c2c1c3c4c5c2c6c7c8c9c12. The molecule has 0 spiro atoms. The standard InChI is InChI=1S/C58H42BBr/c1-9-10-34-46(41-27(4)21-25(2)22-28(41)5)36-16-12-33-14-18-39-48-40(59)20-19-38-47(42-29(6)23-26(3)24-30(42)7)37-17-13-32-11-15-35-43(31(8)60)49(34)55-51(36)45(33)53(39)58-56(54(38)48)52(37)44(32)50(35)57(55)58/h9-24,31H,1,59H2,2-8H3/b34-10-. The van der Waals surface area contributed by atoms with Crippen LogP contribution in [0.2, 0.25) is 0 Å². The zero-order chi connectivity index (χ0) is 40.9. The Labute approximate surface area is 358 Å². The van der Waals surface area contributed by atoms with E-state index in [1.165, 1.54) is 180 Å². The molecule has 0 nitrogen and oxygen atoms in total. The van der Waals surface area contributed by atoms with Crippen LogP contribution in [-0.2, 0) is 0 Å². The molecule has 13 aromatic carbocycles. The Kier molecular flexibility index (Phi) is 6.65. The van der Waals surface area contributed by atoms with Gasteiger partial charge >= 0.3 is 0 Å². The van der Waals surface area contributed by atoms with Gasteiger partial charge in [-0.25, -0.2) is 0 Å². The van der Waals surface area contributed by atoms with Crippen molar-refractivity contribution in [2.24, 2.45) is 0 Å². The summed E-state index contributed by atoms with van der Waals surface area (Å²) >= 11 is 4.27. The summed E-state index contributed by atoms with van der Waals surface area (Å²) < 4.78 is 0. The molecule has 0 aromatic heterocycles. The first-order valence-electron chi connectivity index (χ1n) is 21.5. The molecule has 0 radical (unpaired) electrons. The highest BCUT2D eigenvalue weighted by molar-refractivity contribution is 9.09. The fourth-order valence-corrected chi connectivity index (χ4v) is 13.6. The zero-order valence-electron chi connectivity index (χ0n) is 35.4. The molecule has 0 aliphatic heterocycles. The molecule has 1 atom stereocenters.